The fraction of sp³-hybridized carbons (Fsp3) is 0.385. The van der Waals surface area contributed by atoms with Crippen LogP contribution in [0, 0.1) is 11.8 Å². The maximum atomic E-state index is 10.3. The van der Waals surface area contributed by atoms with Gasteiger partial charge in [0.15, 0.2) is 0 Å². The van der Waals surface area contributed by atoms with Gasteiger partial charge in [-0.25, -0.2) is 9.78 Å². The molecule has 5 nitrogen and oxygen atoms in total. The molecule has 1 aromatic heterocycles. The quantitative estimate of drug-likeness (QED) is 0.750. The van der Waals surface area contributed by atoms with E-state index in [2.05, 4.69) is 16.2 Å². The maximum Gasteiger partial charge on any atom is 0.382 e. The van der Waals surface area contributed by atoms with Crippen LogP contribution >= 0.6 is 0 Å². The number of rotatable bonds is 2. The van der Waals surface area contributed by atoms with Crippen LogP contribution in [0.5, 0.6) is 5.88 Å². The largest absolute Gasteiger partial charge is 0.474 e. The highest BCUT2D eigenvalue weighted by Crippen LogP contribution is 2.14. The lowest BCUT2D eigenvalue weighted by molar-refractivity contribution is -0.130. The molecule has 94 valence electrons. The van der Waals surface area contributed by atoms with Gasteiger partial charge < -0.3 is 15.2 Å². The highest BCUT2D eigenvalue weighted by Gasteiger charge is 2.14. The lowest BCUT2D eigenvalue weighted by atomic mass is 10.1. The van der Waals surface area contributed by atoms with Gasteiger partial charge in [0, 0.05) is 12.0 Å². The molecule has 0 aromatic carbocycles. The Morgan fingerprint density at radius 2 is 2.22 bits per heavy atom. The van der Waals surface area contributed by atoms with E-state index in [1.54, 1.807) is 18.2 Å². The molecule has 0 spiro atoms. The van der Waals surface area contributed by atoms with Crippen LogP contribution in [0.2, 0.25) is 0 Å². The van der Waals surface area contributed by atoms with Gasteiger partial charge in [-0.1, -0.05) is 6.07 Å². The first kappa shape index (κ1) is 12.4. The number of pyridine rings is 1. The standard InChI is InChI=1S/C13H14N2O3/c16-13(17)5-4-10-2-1-3-12(15-10)18-11-6-8-14-9-7-11/h1-3,11,14H,6-9H2,(H,16,17). The minimum Gasteiger partial charge on any atom is -0.474 e. The second-order valence-electron chi connectivity index (χ2n) is 3.98. The predicted octanol–water partition coefficient (Wildman–Crippen LogP) is 0.649. The van der Waals surface area contributed by atoms with E-state index >= 15 is 0 Å². The summed E-state index contributed by atoms with van der Waals surface area (Å²) in [4.78, 5) is 14.5. The van der Waals surface area contributed by atoms with Gasteiger partial charge in [-0.3, -0.25) is 0 Å². The first-order valence-corrected chi connectivity index (χ1v) is 5.83. The van der Waals surface area contributed by atoms with Crippen molar-refractivity contribution in [2.45, 2.75) is 18.9 Å². The summed E-state index contributed by atoms with van der Waals surface area (Å²) in [6.45, 7) is 1.90. The molecular formula is C13H14N2O3. The van der Waals surface area contributed by atoms with Crippen LogP contribution < -0.4 is 10.1 Å². The zero-order valence-electron chi connectivity index (χ0n) is 9.85. The van der Waals surface area contributed by atoms with Gasteiger partial charge in [-0.2, -0.15) is 0 Å². The number of aromatic nitrogens is 1. The molecule has 0 aliphatic carbocycles. The van der Waals surface area contributed by atoms with Gasteiger partial charge in [-0.15, -0.1) is 0 Å². The van der Waals surface area contributed by atoms with Crippen LogP contribution in [0.25, 0.3) is 0 Å². The Morgan fingerprint density at radius 1 is 1.44 bits per heavy atom. The second kappa shape index (κ2) is 6.03. The van der Waals surface area contributed by atoms with E-state index < -0.39 is 5.97 Å². The van der Waals surface area contributed by atoms with Crippen LogP contribution in [-0.2, 0) is 4.79 Å². The molecule has 0 saturated carbocycles. The summed E-state index contributed by atoms with van der Waals surface area (Å²) >= 11 is 0. The average Bonchev–Trinajstić information content (AvgIpc) is 2.38. The van der Waals surface area contributed by atoms with Crippen LogP contribution in [-0.4, -0.2) is 35.3 Å². The number of hydrogen-bond donors (Lipinski definition) is 2. The van der Waals surface area contributed by atoms with Crippen LogP contribution in [0.15, 0.2) is 18.2 Å². The molecule has 2 heterocycles. The number of ether oxygens (including phenoxy) is 1. The highest BCUT2D eigenvalue weighted by atomic mass is 16.5. The van der Waals surface area contributed by atoms with Gasteiger partial charge in [0.1, 0.15) is 11.8 Å². The smallest absolute Gasteiger partial charge is 0.382 e. The van der Waals surface area contributed by atoms with Crippen molar-refractivity contribution in [1.29, 1.82) is 0 Å². The fourth-order valence-corrected chi connectivity index (χ4v) is 1.75. The molecular weight excluding hydrogens is 232 g/mol. The molecule has 1 aliphatic rings. The summed E-state index contributed by atoms with van der Waals surface area (Å²) in [7, 11) is 0. The lowest BCUT2D eigenvalue weighted by Gasteiger charge is -2.23. The van der Waals surface area contributed by atoms with E-state index in [-0.39, 0.29) is 6.10 Å². The van der Waals surface area contributed by atoms with Gasteiger partial charge in [-0.05, 0) is 37.9 Å². The van der Waals surface area contributed by atoms with Crippen molar-refractivity contribution in [1.82, 2.24) is 10.3 Å². The Balaban J connectivity index is 2.03. The maximum absolute atomic E-state index is 10.3. The number of piperidine rings is 1. The predicted molar refractivity (Wildman–Crippen MR) is 65.3 cm³/mol. The number of carboxylic acids is 1. The molecule has 18 heavy (non-hydrogen) atoms. The number of carboxylic acid groups (broad SMARTS) is 1. The zero-order chi connectivity index (χ0) is 12.8. The zero-order valence-corrected chi connectivity index (χ0v) is 9.85. The molecule has 0 bridgehead atoms. The molecule has 0 unspecified atom stereocenters. The van der Waals surface area contributed by atoms with Gasteiger partial charge in [0.25, 0.3) is 0 Å². The first-order chi connectivity index (χ1) is 8.74. The summed E-state index contributed by atoms with van der Waals surface area (Å²) in [6.07, 6.45) is 2.07. The van der Waals surface area contributed by atoms with E-state index in [1.807, 2.05) is 5.92 Å². The van der Waals surface area contributed by atoms with Crippen molar-refractivity contribution in [3.8, 4) is 17.7 Å². The minimum atomic E-state index is -1.17. The molecule has 1 saturated heterocycles. The van der Waals surface area contributed by atoms with Crippen molar-refractivity contribution in [3.63, 3.8) is 0 Å². The number of hydrogen-bond acceptors (Lipinski definition) is 4. The normalized spacial score (nSPS) is 15.6. The number of nitrogens with zero attached hydrogens (tertiary/aromatic N) is 1. The third-order valence-corrected chi connectivity index (χ3v) is 2.59. The van der Waals surface area contributed by atoms with Crippen molar-refractivity contribution < 1.29 is 14.6 Å². The molecule has 2 N–H and O–H groups in total. The molecule has 1 fully saturated rings. The fourth-order valence-electron chi connectivity index (χ4n) is 1.75. The molecule has 0 radical (unpaired) electrons. The average molecular weight is 246 g/mol. The van der Waals surface area contributed by atoms with E-state index in [0.717, 1.165) is 25.9 Å². The Kier molecular flexibility index (Phi) is 4.15. The summed E-state index contributed by atoms with van der Waals surface area (Å²) < 4.78 is 5.74. The lowest BCUT2D eigenvalue weighted by Crippen LogP contribution is -2.34. The molecule has 0 amide bonds. The van der Waals surface area contributed by atoms with Crippen molar-refractivity contribution in [2.75, 3.05) is 13.1 Å². The van der Waals surface area contributed by atoms with Crippen molar-refractivity contribution in [2.24, 2.45) is 0 Å². The number of aliphatic carboxylic acids is 1. The Hall–Kier alpha value is -2.06. The number of carbonyl (C=O) groups is 1. The van der Waals surface area contributed by atoms with E-state index in [9.17, 15) is 4.79 Å². The molecule has 2 rings (SSSR count). The molecule has 1 aliphatic heterocycles. The van der Waals surface area contributed by atoms with Crippen LogP contribution in [0.1, 0.15) is 18.5 Å². The molecule has 0 atom stereocenters. The molecule has 5 heteroatoms. The van der Waals surface area contributed by atoms with Gasteiger partial charge in [0.05, 0.1) is 0 Å². The summed E-state index contributed by atoms with van der Waals surface area (Å²) in [5, 5.41) is 11.7. The monoisotopic (exact) mass is 246 g/mol. The van der Waals surface area contributed by atoms with Crippen molar-refractivity contribution >= 4 is 5.97 Å². The second-order valence-corrected chi connectivity index (χ2v) is 3.98. The van der Waals surface area contributed by atoms with Crippen LogP contribution in [0.4, 0.5) is 0 Å². The van der Waals surface area contributed by atoms with Crippen molar-refractivity contribution in [3.05, 3.63) is 23.9 Å². The van der Waals surface area contributed by atoms with E-state index in [4.69, 9.17) is 9.84 Å². The van der Waals surface area contributed by atoms with E-state index in [1.165, 1.54) is 0 Å². The van der Waals surface area contributed by atoms with Crippen LogP contribution in [0.3, 0.4) is 0 Å². The topological polar surface area (TPSA) is 71.5 Å². The third-order valence-electron chi connectivity index (χ3n) is 2.59. The van der Waals surface area contributed by atoms with Gasteiger partial charge in [0.2, 0.25) is 5.88 Å². The first-order valence-electron chi connectivity index (χ1n) is 5.83. The van der Waals surface area contributed by atoms with E-state index in [0.29, 0.717) is 11.6 Å². The minimum absolute atomic E-state index is 0.168. The Morgan fingerprint density at radius 3 is 2.94 bits per heavy atom. The van der Waals surface area contributed by atoms with Gasteiger partial charge >= 0.3 is 5.97 Å². The summed E-state index contributed by atoms with van der Waals surface area (Å²) in [5.74, 6) is 3.83. The highest BCUT2D eigenvalue weighted by molar-refractivity contribution is 5.87. The SMILES string of the molecule is O=C(O)C#Cc1cccc(OC2CCNCC2)n1. The third kappa shape index (κ3) is 3.75. The summed E-state index contributed by atoms with van der Waals surface area (Å²) in [6, 6.07) is 5.18. The molecule has 1 aromatic rings. The Labute approximate surface area is 105 Å². The summed E-state index contributed by atoms with van der Waals surface area (Å²) in [5.41, 5.74) is 0.406. The Bertz CT molecular complexity index is 484. The number of nitrogens with one attached hydrogen (secondary N) is 1.